The molecule has 0 fully saturated rings. The van der Waals surface area contributed by atoms with Gasteiger partial charge in [-0.05, 0) is 54.8 Å². The average molecular weight is 282 g/mol. The number of amides is 1. The number of fused-ring (bicyclic) bond motifs is 1. The van der Waals surface area contributed by atoms with Gasteiger partial charge in [0.05, 0.1) is 0 Å². The number of nitrogens with one attached hydrogen (secondary N) is 1. The molecule has 3 nitrogen and oxygen atoms in total. The van der Waals surface area contributed by atoms with E-state index in [1.807, 2.05) is 35.9 Å². The number of carbonyl (C=O) groups is 1. The van der Waals surface area contributed by atoms with Crippen LogP contribution in [-0.2, 0) is 11.3 Å². The van der Waals surface area contributed by atoms with E-state index < -0.39 is 0 Å². The van der Waals surface area contributed by atoms with Crippen molar-refractivity contribution in [1.29, 1.82) is 0 Å². The van der Waals surface area contributed by atoms with Gasteiger partial charge in [0.1, 0.15) is 12.4 Å². The third-order valence-corrected chi connectivity index (χ3v) is 3.37. The third kappa shape index (κ3) is 2.94. The minimum absolute atomic E-state index is 0.139. The van der Waals surface area contributed by atoms with Gasteiger partial charge in [0.25, 0.3) is 0 Å². The summed E-state index contributed by atoms with van der Waals surface area (Å²) in [5.74, 6) is -0.459. The van der Waals surface area contributed by atoms with Crippen molar-refractivity contribution < 1.29 is 9.18 Å². The summed E-state index contributed by atoms with van der Waals surface area (Å²) in [6.45, 7) is 2.27. The molecule has 0 bridgehead atoms. The van der Waals surface area contributed by atoms with Crippen LogP contribution in [0.1, 0.15) is 5.56 Å². The first-order valence-electron chi connectivity index (χ1n) is 6.73. The number of aryl methyl sites for hydroxylation is 1. The SMILES string of the molecule is Cc1ccc2c(ccn2CC(=O)Nc2ccc(F)cc2)c1. The molecule has 2 aromatic carbocycles. The van der Waals surface area contributed by atoms with Gasteiger partial charge in [-0.2, -0.15) is 0 Å². The van der Waals surface area contributed by atoms with E-state index in [1.54, 1.807) is 12.1 Å². The summed E-state index contributed by atoms with van der Waals surface area (Å²) in [5, 5.41) is 3.87. The van der Waals surface area contributed by atoms with Crippen molar-refractivity contribution in [3.8, 4) is 0 Å². The van der Waals surface area contributed by atoms with Crippen molar-refractivity contribution >= 4 is 22.5 Å². The van der Waals surface area contributed by atoms with Gasteiger partial charge < -0.3 is 9.88 Å². The summed E-state index contributed by atoms with van der Waals surface area (Å²) < 4.78 is 14.7. The number of hydrogen-bond acceptors (Lipinski definition) is 1. The predicted molar refractivity (Wildman–Crippen MR) is 81.7 cm³/mol. The zero-order valence-corrected chi connectivity index (χ0v) is 11.6. The quantitative estimate of drug-likeness (QED) is 0.780. The summed E-state index contributed by atoms with van der Waals surface area (Å²) in [6, 6.07) is 13.9. The zero-order valence-electron chi connectivity index (χ0n) is 11.6. The van der Waals surface area contributed by atoms with E-state index in [-0.39, 0.29) is 18.3 Å². The van der Waals surface area contributed by atoms with Crippen LogP contribution >= 0.6 is 0 Å². The molecule has 0 aliphatic rings. The molecule has 106 valence electrons. The number of rotatable bonds is 3. The molecule has 0 atom stereocenters. The molecular weight excluding hydrogens is 267 g/mol. The minimum atomic E-state index is -0.320. The molecule has 0 spiro atoms. The van der Waals surface area contributed by atoms with Crippen LogP contribution in [0.25, 0.3) is 10.9 Å². The van der Waals surface area contributed by atoms with Crippen LogP contribution in [0.4, 0.5) is 10.1 Å². The van der Waals surface area contributed by atoms with Gasteiger partial charge in [0.15, 0.2) is 0 Å². The molecule has 3 aromatic rings. The Kier molecular flexibility index (Phi) is 3.44. The van der Waals surface area contributed by atoms with Crippen molar-refractivity contribution in [2.45, 2.75) is 13.5 Å². The lowest BCUT2D eigenvalue weighted by Gasteiger charge is -2.07. The van der Waals surface area contributed by atoms with Crippen LogP contribution in [-0.4, -0.2) is 10.5 Å². The zero-order chi connectivity index (χ0) is 14.8. The maximum atomic E-state index is 12.8. The summed E-state index contributed by atoms with van der Waals surface area (Å²) in [6.07, 6.45) is 1.90. The van der Waals surface area contributed by atoms with Gasteiger partial charge in [-0.3, -0.25) is 4.79 Å². The summed E-state index contributed by atoms with van der Waals surface area (Å²) in [4.78, 5) is 12.0. The second-order valence-corrected chi connectivity index (χ2v) is 5.06. The van der Waals surface area contributed by atoms with Crippen LogP contribution < -0.4 is 5.32 Å². The summed E-state index contributed by atoms with van der Waals surface area (Å²) >= 11 is 0. The van der Waals surface area contributed by atoms with Crippen molar-refractivity contribution in [2.24, 2.45) is 0 Å². The molecule has 0 radical (unpaired) electrons. The van der Waals surface area contributed by atoms with Crippen LogP contribution in [0.5, 0.6) is 0 Å². The van der Waals surface area contributed by atoms with Crippen LogP contribution in [0, 0.1) is 12.7 Å². The number of hydrogen-bond donors (Lipinski definition) is 1. The van der Waals surface area contributed by atoms with E-state index in [0.29, 0.717) is 5.69 Å². The summed E-state index contributed by atoms with van der Waals surface area (Å²) in [7, 11) is 0. The monoisotopic (exact) mass is 282 g/mol. The molecule has 0 saturated heterocycles. The smallest absolute Gasteiger partial charge is 0.244 e. The molecule has 21 heavy (non-hydrogen) atoms. The highest BCUT2D eigenvalue weighted by Crippen LogP contribution is 2.17. The number of carbonyl (C=O) groups excluding carboxylic acids is 1. The number of aromatic nitrogens is 1. The van der Waals surface area contributed by atoms with Gasteiger partial charge in [0.2, 0.25) is 5.91 Å². The largest absolute Gasteiger partial charge is 0.338 e. The number of anilines is 1. The Bertz CT molecular complexity index is 790. The lowest BCUT2D eigenvalue weighted by atomic mass is 10.2. The van der Waals surface area contributed by atoms with E-state index in [2.05, 4.69) is 11.4 Å². The maximum absolute atomic E-state index is 12.8. The fourth-order valence-corrected chi connectivity index (χ4v) is 2.35. The standard InChI is InChI=1S/C17H15FN2O/c1-12-2-7-16-13(10-12)8-9-20(16)11-17(21)19-15-5-3-14(18)4-6-15/h2-10H,11H2,1H3,(H,19,21). The molecule has 4 heteroatoms. The molecular formula is C17H15FN2O. The molecule has 0 aliphatic heterocycles. The van der Waals surface area contributed by atoms with Crippen LogP contribution in [0.15, 0.2) is 54.7 Å². The van der Waals surface area contributed by atoms with Gasteiger partial charge in [-0.25, -0.2) is 4.39 Å². The van der Waals surface area contributed by atoms with Crippen molar-refractivity contribution in [3.63, 3.8) is 0 Å². The van der Waals surface area contributed by atoms with Crippen molar-refractivity contribution in [3.05, 3.63) is 66.1 Å². The lowest BCUT2D eigenvalue weighted by Crippen LogP contribution is -2.18. The highest BCUT2D eigenvalue weighted by molar-refractivity contribution is 5.92. The number of benzene rings is 2. The Balaban J connectivity index is 1.75. The minimum Gasteiger partial charge on any atom is -0.338 e. The second kappa shape index (κ2) is 5.40. The Labute approximate surface area is 122 Å². The molecule has 1 N–H and O–H groups in total. The topological polar surface area (TPSA) is 34.0 Å². The Morgan fingerprint density at radius 1 is 1.14 bits per heavy atom. The third-order valence-electron chi connectivity index (χ3n) is 3.37. The average Bonchev–Trinajstić information content (AvgIpc) is 2.83. The fourth-order valence-electron chi connectivity index (χ4n) is 2.35. The highest BCUT2D eigenvalue weighted by atomic mass is 19.1. The van der Waals surface area contributed by atoms with Crippen molar-refractivity contribution in [2.75, 3.05) is 5.32 Å². The molecule has 1 heterocycles. The molecule has 0 aliphatic carbocycles. The van der Waals surface area contributed by atoms with E-state index in [4.69, 9.17) is 0 Å². The molecule has 0 unspecified atom stereocenters. The first-order valence-corrected chi connectivity index (χ1v) is 6.73. The first kappa shape index (κ1) is 13.4. The maximum Gasteiger partial charge on any atom is 0.244 e. The first-order chi connectivity index (χ1) is 10.1. The predicted octanol–water partition coefficient (Wildman–Crippen LogP) is 3.73. The Hall–Kier alpha value is -2.62. The van der Waals surface area contributed by atoms with E-state index in [9.17, 15) is 9.18 Å². The molecule has 1 amide bonds. The highest BCUT2D eigenvalue weighted by Gasteiger charge is 2.07. The number of nitrogens with zero attached hydrogens (tertiary/aromatic N) is 1. The van der Waals surface area contributed by atoms with Gasteiger partial charge in [-0.1, -0.05) is 11.6 Å². The van der Waals surface area contributed by atoms with E-state index in [1.165, 1.54) is 17.7 Å². The molecule has 1 aromatic heterocycles. The Morgan fingerprint density at radius 2 is 1.90 bits per heavy atom. The van der Waals surface area contributed by atoms with Gasteiger partial charge in [-0.15, -0.1) is 0 Å². The van der Waals surface area contributed by atoms with Crippen LogP contribution in [0.3, 0.4) is 0 Å². The van der Waals surface area contributed by atoms with Crippen LogP contribution in [0.2, 0.25) is 0 Å². The van der Waals surface area contributed by atoms with Gasteiger partial charge >= 0.3 is 0 Å². The van der Waals surface area contributed by atoms with E-state index in [0.717, 1.165) is 10.9 Å². The van der Waals surface area contributed by atoms with Gasteiger partial charge in [0, 0.05) is 17.4 Å². The van der Waals surface area contributed by atoms with E-state index >= 15 is 0 Å². The molecule has 0 saturated carbocycles. The summed E-state index contributed by atoms with van der Waals surface area (Å²) in [5.41, 5.74) is 2.81. The van der Waals surface area contributed by atoms with Crippen molar-refractivity contribution in [1.82, 2.24) is 4.57 Å². The fraction of sp³-hybridized carbons (Fsp3) is 0.118. The lowest BCUT2D eigenvalue weighted by molar-refractivity contribution is -0.116. The second-order valence-electron chi connectivity index (χ2n) is 5.06. The normalized spacial score (nSPS) is 10.8. The number of halogens is 1. The Morgan fingerprint density at radius 3 is 2.67 bits per heavy atom. The molecule has 3 rings (SSSR count).